The van der Waals surface area contributed by atoms with Crippen molar-refractivity contribution in [1.82, 2.24) is 10.2 Å². The number of carboxylic acid groups (broad SMARTS) is 1. The molecule has 1 unspecified atom stereocenters. The van der Waals surface area contributed by atoms with Gasteiger partial charge in [0.2, 0.25) is 0 Å². The van der Waals surface area contributed by atoms with Gasteiger partial charge < -0.3 is 15.3 Å². The van der Waals surface area contributed by atoms with Gasteiger partial charge in [-0.15, -0.1) is 0 Å². The SMILES string of the molecule is CCCN(CCC)CCC(NC1CC1)C(=O)O. The standard InChI is InChI=1S/C13H26N2O2/c1-3-8-15(9-4-2)10-7-12(13(16)17)14-11-5-6-11/h11-12,14H,3-10H2,1-2H3,(H,16,17). The van der Waals surface area contributed by atoms with Gasteiger partial charge in [0.15, 0.2) is 0 Å². The topological polar surface area (TPSA) is 52.6 Å². The second kappa shape index (κ2) is 7.67. The fourth-order valence-corrected chi connectivity index (χ4v) is 2.09. The Morgan fingerprint density at radius 1 is 1.29 bits per heavy atom. The molecule has 1 fully saturated rings. The molecule has 0 bridgehead atoms. The molecule has 1 rings (SSSR count). The van der Waals surface area contributed by atoms with Gasteiger partial charge in [0, 0.05) is 12.6 Å². The van der Waals surface area contributed by atoms with Gasteiger partial charge in [-0.3, -0.25) is 4.79 Å². The molecule has 0 aromatic rings. The molecule has 0 heterocycles. The highest BCUT2D eigenvalue weighted by atomic mass is 16.4. The summed E-state index contributed by atoms with van der Waals surface area (Å²) in [6.07, 6.45) is 5.25. The molecule has 0 amide bonds. The lowest BCUT2D eigenvalue weighted by Crippen LogP contribution is -2.41. The Kier molecular flexibility index (Phi) is 6.52. The van der Waals surface area contributed by atoms with Gasteiger partial charge in [-0.05, 0) is 45.2 Å². The molecule has 0 radical (unpaired) electrons. The first-order chi connectivity index (χ1) is 8.17. The molecule has 0 spiro atoms. The van der Waals surface area contributed by atoms with E-state index in [4.69, 9.17) is 5.11 Å². The monoisotopic (exact) mass is 242 g/mol. The van der Waals surface area contributed by atoms with Crippen LogP contribution < -0.4 is 5.32 Å². The van der Waals surface area contributed by atoms with Crippen molar-refractivity contribution in [2.24, 2.45) is 0 Å². The van der Waals surface area contributed by atoms with Crippen LogP contribution in [-0.2, 0) is 4.79 Å². The number of nitrogens with zero attached hydrogens (tertiary/aromatic N) is 1. The number of hydrogen-bond donors (Lipinski definition) is 2. The molecule has 1 saturated carbocycles. The zero-order valence-electron chi connectivity index (χ0n) is 11.1. The molecule has 0 saturated heterocycles. The number of carboxylic acids is 1. The minimum Gasteiger partial charge on any atom is -0.480 e. The number of rotatable bonds is 10. The highest BCUT2D eigenvalue weighted by Gasteiger charge is 2.28. The Morgan fingerprint density at radius 3 is 2.29 bits per heavy atom. The summed E-state index contributed by atoms with van der Waals surface area (Å²) >= 11 is 0. The average Bonchev–Trinajstić information content (AvgIpc) is 3.08. The Labute approximate surface area is 104 Å². The number of nitrogens with one attached hydrogen (secondary N) is 1. The van der Waals surface area contributed by atoms with Gasteiger partial charge in [-0.1, -0.05) is 13.8 Å². The third-order valence-electron chi connectivity index (χ3n) is 3.13. The first kappa shape index (κ1) is 14.5. The number of carbonyl (C=O) groups is 1. The van der Waals surface area contributed by atoms with Crippen LogP contribution in [0.2, 0.25) is 0 Å². The van der Waals surface area contributed by atoms with Crippen molar-refractivity contribution >= 4 is 5.97 Å². The molecule has 2 N–H and O–H groups in total. The quantitative estimate of drug-likeness (QED) is 0.612. The molecule has 1 aliphatic carbocycles. The van der Waals surface area contributed by atoms with E-state index in [1.807, 2.05) is 0 Å². The minimum atomic E-state index is -0.704. The van der Waals surface area contributed by atoms with Crippen molar-refractivity contribution < 1.29 is 9.90 Å². The van der Waals surface area contributed by atoms with Crippen LogP contribution in [0.5, 0.6) is 0 Å². The van der Waals surface area contributed by atoms with Crippen LogP contribution in [0.4, 0.5) is 0 Å². The van der Waals surface area contributed by atoms with Gasteiger partial charge >= 0.3 is 5.97 Å². The zero-order chi connectivity index (χ0) is 12.7. The highest BCUT2D eigenvalue weighted by Crippen LogP contribution is 2.20. The lowest BCUT2D eigenvalue weighted by atomic mass is 10.2. The number of aliphatic carboxylic acids is 1. The molecule has 100 valence electrons. The smallest absolute Gasteiger partial charge is 0.320 e. The largest absolute Gasteiger partial charge is 0.480 e. The maximum Gasteiger partial charge on any atom is 0.320 e. The predicted molar refractivity (Wildman–Crippen MR) is 69.2 cm³/mol. The average molecular weight is 242 g/mol. The summed E-state index contributed by atoms with van der Waals surface area (Å²) in [6, 6.07) is 0.0978. The van der Waals surface area contributed by atoms with Gasteiger partial charge in [0.05, 0.1) is 0 Å². The first-order valence-corrected chi connectivity index (χ1v) is 6.88. The second-order valence-corrected chi connectivity index (χ2v) is 4.96. The maximum atomic E-state index is 11.1. The lowest BCUT2D eigenvalue weighted by Gasteiger charge is -2.23. The highest BCUT2D eigenvalue weighted by molar-refractivity contribution is 5.73. The lowest BCUT2D eigenvalue weighted by molar-refractivity contribution is -0.139. The van der Waals surface area contributed by atoms with E-state index in [-0.39, 0.29) is 6.04 Å². The summed E-state index contributed by atoms with van der Waals surface area (Å²) in [7, 11) is 0. The summed E-state index contributed by atoms with van der Waals surface area (Å²) in [5.74, 6) is -0.704. The van der Waals surface area contributed by atoms with Gasteiger partial charge in [-0.25, -0.2) is 0 Å². The van der Waals surface area contributed by atoms with Crippen molar-refractivity contribution in [3.05, 3.63) is 0 Å². The van der Waals surface area contributed by atoms with Crippen molar-refractivity contribution in [1.29, 1.82) is 0 Å². The van der Waals surface area contributed by atoms with Crippen LogP contribution >= 0.6 is 0 Å². The molecular formula is C13H26N2O2. The predicted octanol–water partition coefficient (Wildman–Crippen LogP) is 1.70. The van der Waals surface area contributed by atoms with E-state index in [9.17, 15) is 4.79 Å². The van der Waals surface area contributed by atoms with Crippen LogP contribution in [0.25, 0.3) is 0 Å². The van der Waals surface area contributed by atoms with Crippen LogP contribution in [0, 0.1) is 0 Å². The molecule has 4 nitrogen and oxygen atoms in total. The minimum absolute atomic E-state index is 0.362. The fourth-order valence-electron chi connectivity index (χ4n) is 2.09. The van der Waals surface area contributed by atoms with Crippen LogP contribution in [0.15, 0.2) is 0 Å². The first-order valence-electron chi connectivity index (χ1n) is 6.88. The van der Waals surface area contributed by atoms with E-state index >= 15 is 0 Å². The summed E-state index contributed by atoms with van der Waals surface area (Å²) in [5.41, 5.74) is 0. The van der Waals surface area contributed by atoms with Crippen molar-refractivity contribution in [2.45, 2.75) is 58.0 Å². The van der Waals surface area contributed by atoms with Crippen LogP contribution in [-0.4, -0.2) is 47.7 Å². The van der Waals surface area contributed by atoms with E-state index in [0.29, 0.717) is 12.5 Å². The third kappa shape index (κ3) is 6.03. The van der Waals surface area contributed by atoms with Gasteiger partial charge in [0.25, 0.3) is 0 Å². The summed E-state index contributed by atoms with van der Waals surface area (Å²) < 4.78 is 0. The van der Waals surface area contributed by atoms with Crippen LogP contribution in [0.3, 0.4) is 0 Å². The Morgan fingerprint density at radius 2 is 1.88 bits per heavy atom. The summed E-state index contributed by atoms with van der Waals surface area (Å²) in [6.45, 7) is 7.37. The van der Waals surface area contributed by atoms with Gasteiger partial charge in [-0.2, -0.15) is 0 Å². The third-order valence-corrected chi connectivity index (χ3v) is 3.13. The molecule has 0 aliphatic heterocycles. The molecule has 0 aromatic heterocycles. The van der Waals surface area contributed by atoms with Crippen molar-refractivity contribution in [2.75, 3.05) is 19.6 Å². The van der Waals surface area contributed by atoms with E-state index in [1.165, 1.54) is 0 Å². The van der Waals surface area contributed by atoms with Crippen molar-refractivity contribution in [3.8, 4) is 0 Å². The summed E-state index contributed by atoms with van der Waals surface area (Å²) in [4.78, 5) is 13.5. The van der Waals surface area contributed by atoms with E-state index < -0.39 is 5.97 Å². The molecule has 1 atom stereocenters. The molecule has 4 heteroatoms. The maximum absolute atomic E-state index is 11.1. The van der Waals surface area contributed by atoms with Crippen LogP contribution in [0.1, 0.15) is 46.0 Å². The molecule has 17 heavy (non-hydrogen) atoms. The Balaban J connectivity index is 2.29. The Hall–Kier alpha value is -0.610. The number of hydrogen-bond acceptors (Lipinski definition) is 3. The summed E-state index contributed by atoms with van der Waals surface area (Å²) in [5, 5.41) is 12.3. The molecule has 0 aromatic carbocycles. The van der Waals surface area contributed by atoms with E-state index in [1.54, 1.807) is 0 Å². The van der Waals surface area contributed by atoms with E-state index in [0.717, 1.165) is 45.3 Å². The Bertz CT molecular complexity index is 223. The molecule has 1 aliphatic rings. The normalized spacial score (nSPS) is 17.4. The fraction of sp³-hybridized carbons (Fsp3) is 0.923. The zero-order valence-corrected chi connectivity index (χ0v) is 11.1. The van der Waals surface area contributed by atoms with Gasteiger partial charge in [0.1, 0.15) is 6.04 Å². The van der Waals surface area contributed by atoms with Crippen molar-refractivity contribution in [3.63, 3.8) is 0 Å². The second-order valence-electron chi connectivity index (χ2n) is 4.96. The van der Waals surface area contributed by atoms with E-state index in [2.05, 4.69) is 24.1 Å². The molecular weight excluding hydrogens is 216 g/mol.